The standard InChI is InChI=1S/C17H16F3N3O4/c1-9-14(22-10(2)26-9)15(24)21-8-11-3-5-12(6-4-11)13-7-16(25,27-23-13)17(18,19)20/h3-6,25H,7-8H2,1-2H3,(H,21,24). The molecule has 2 aromatic rings. The molecular weight excluding hydrogens is 367 g/mol. The second-order valence-corrected chi connectivity index (χ2v) is 6.11. The van der Waals surface area contributed by atoms with Gasteiger partial charge in [0.25, 0.3) is 5.91 Å². The van der Waals surface area contributed by atoms with E-state index in [-0.39, 0.29) is 18.0 Å². The van der Waals surface area contributed by atoms with Crippen molar-refractivity contribution in [2.75, 3.05) is 0 Å². The maximum absolute atomic E-state index is 12.7. The van der Waals surface area contributed by atoms with Crippen LogP contribution in [0.4, 0.5) is 13.2 Å². The lowest BCUT2D eigenvalue weighted by molar-refractivity contribution is -0.355. The van der Waals surface area contributed by atoms with Crippen molar-refractivity contribution in [1.29, 1.82) is 0 Å². The molecule has 7 nitrogen and oxygen atoms in total. The third-order valence-electron chi connectivity index (χ3n) is 4.02. The summed E-state index contributed by atoms with van der Waals surface area (Å²) >= 11 is 0. The monoisotopic (exact) mass is 383 g/mol. The maximum atomic E-state index is 12.7. The number of hydrogen-bond acceptors (Lipinski definition) is 6. The van der Waals surface area contributed by atoms with Crippen LogP contribution in [0.25, 0.3) is 0 Å². The maximum Gasteiger partial charge on any atom is 0.458 e. The second-order valence-electron chi connectivity index (χ2n) is 6.11. The van der Waals surface area contributed by atoms with E-state index < -0.39 is 24.3 Å². The van der Waals surface area contributed by atoms with Gasteiger partial charge in [-0.25, -0.2) is 4.98 Å². The van der Waals surface area contributed by atoms with Gasteiger partial charge in [0.05, 0.1) is 12.1 Å². The Kier molecular flexibility index (Phi) is 4.68. The predicted octanol–water partition coefficient (Wildman–Crippen LogP) is 2.60. The summed E-state index contributed by atoms with van der Waals surface area (Å²) in [6, 6.07) is 6.34. The van der Waals surface area contributed by atoms with Crippen LogP contribution in [-0.4, -0.2) is 33.7 Å². The molecule has 1 atom stereocenters. The van der Waals surface area contributed by atoms with E-state index in [4.69, 9.17) is 4.42 Å². The van der Waals surface area contributed by atoms with Crippen LogP contribution in [0.15, 0.2) is 33.8 Å². The molecule has 1 aromatic carbocycles. The highest BCUT2D eigenvalue weighted by Crippen LogP contribution is 2.38. The number of aryl methyl sites for hydroxylation is 2. The van der Waals surface area contributed by atoms with Crippen LogP contribution in [0.1, 0.15) is 39.7 Å². The molecule has 1 aliphatic heterocycles. The molecular formula is C17H16F3N3O4. The largest absolute Gasteiger partial charge is 0.458 e. The first-order chi connectivity index (χ1) is 12.6. The van der Waals surface area contributed by atoms with Gasteiger partial charge in [0.15, 0.2) is 11.6 Å². The zero-order chi connectivity index (χ0) is 19.8. The SMILES string of the molecule is Cc1nc(C(=O)NCc2ccc(C3=NOC(O)(C(F)(F)F)C3)cc2)c(C)o1. The molecule has 0 aliphatic carbocycles. The lowest BCUT2D eigenvalue weighted by atomic mass is 10.0. The van der Waals surface area contributed by atoms with Crippen molar-refractivity contribution < 1.29 is 32.3 Å². The Balaban J connectivity index is 1.61. The van der Waals surface area contributed by atoms with Crippen LogP contribution in [0.3, 0.4) is 0 Å². The van der Waals surface area contributed by atoms with E-state index in [2.05, 4.69) is 20.3 Å². The topological polar surface area (TPSA) is 97.0 Å². The number of aromatic nitrogens is 1. The molecule has 0 fully saturated rings. The fraction of sp³-hybridized carbons (Fsp3) is 0.353. The van der Waals surface area contributed by atoms with E-state index in [1.54, 1.807) is 26.0 Å². The summed E-state index contributed by atoms with van der Waals surface area (Å²) in [5.41, 5.74) is 1.29. The number of oxazole rings is 1. The van der Waals surface area contributed by atoms with Crippen molar-refractivity contribution in [3.63, 3.8) is 0 Å². The molecule has 1 unspecified atom stereocenters. The average molecular weight is 383 g/mol. The normalized spacial score (nSPS) is 19.6. The zero-order valence-corrected chi connectivity index (χ0v) is 14.4. The second kappa shape index (κ2) is 6.69. The van der Waals surface area contributed by atoms with E-state index in [1.807, 2.05) is 0 Å². The molecule has 0 saturated carbocycles. The summed E-state index contributed by atoms with van der Waals surface area (Å²) < 4.78 is 43.4. The fourth-order valence-corrected chi connectivity index (χ4v) is 2.55. The zero-order valence-electron chi connectivity index (χ0n) is 14.4. The molecule has 2 N–H and O–H groups in total. The number of rotatable bonds is 4. The van der Waals surface area contributed by atoms with Crippen LogP contribution < -0.4 is 5.32 Å². The van der Waals surface area contributed by atoms with Crippen LogP contribution in [0, 0.1) is 13.8 Å². The van der Waals surface area contributed by atoms with Crippen molar-refractivity contribution in [2.45, 2.75) is 38.8 Å². The first kappa shape index (κ1) is 18.9. The highest BCUT2D eigenvalue weighted by atomic mass is 19.4. The summed E-state index contributed by atoms with van der Waals surface area (Å²) in [5.74, 6) is -2.89. The molecule has 27 heavy (non-hydrogen) atoms. The Bertz CT molecular complexity index is 890. The summed E-state index contributed by atoms with van der Waals surface area (Å²) in [5, 5.41) is 15.5. The van der Waals surface area contributed by atoms with Gasteiger partial charge in [-0.2, -0.15) is 13.2 Å². The Morgan fingerprint density at radius 2 is 1.96 bits per heavy atom. The molecule has 1 aliphatic rings. The van der Waals surface area contributed by atoms with E-state index in [0.717, 1.165) is 5.56 Å². The van der Waals surface area contributed by atoms with Crippen molar-refractivity contribution in [3.8, 4) is 0 Å². The van der Waals surface area contributed by atoms with Gasteiger partial charge in [-0.05, 0) is 18.1 Å². The summed E-state index contributed by atoms with van der Waals surface area (Å²) in [6.07, 6.45) is -5.74. The van der Waals surface area contributed by atoms with Gasteiger partial charge in [0.2, 0.25) is 0 Å². The first-order valence-electron chi connectivity index (χ1n) is 7.95. The summed E-state index contributed by atoms with van der Waals surface area (Å²) in [6.45, 7) is 3.47. The number of carbonyl (C=O) groups is 1. The third-order valence-corrected chi connectivity index (χ3v) is 4.02. The average Bonchev–Trinajstić information content (AvgIpc) is 3.16. The van der Waals surface area contributed by atoms with Gasteiger partial charge in [0, 0.05) is 13.5 Å². The molecule has 10 heteroatoms. The third kappa shape index (κ3) is 3.80. The number of oxime groups is 1. The molecule has 3 rings (SSSR count). The Morgan fingerprint density at radius 1 is 1.30 bits per heavy atom. The molecule has 1 amide bonds. The van der Waals surface area contributed by atoms with E-state index in [0.29, 0.717) is 17.2 Å². The van der Waals surface area contributed by atoms with E-state index in [9.17, 15) is 23.1 Å². The van der Waals surface area contributed by atoms with Crippen molar-refractivity contribution in [3.05, 3.63) is 52.7 Å². The Labute approximate surface area is 151 Å². The minimum atomic E-state index is -4.94. The molecule has 2 heterocycles. The van der Waals surface area contributed by atoms with Crippen LogP contribution in [0.2, 0.25) is 0 Å². The predicted molar refractivity (Wildman–Crippen MR) is 86.8 cm³/mol. The van der Waals surface area contributed by atoms with E-state index >= 15 is 0 Å². The minimum absolute atomic E-state index is 0.0147. The molecule has 0 radical (unpaired) electrons. The van der Waals surface area contributed by atoms with Crippen LogP contribution >= 0.6 is 0 Å². The summed E-state index contributed by atoms with van der Waals surface area (Å²) in [7, 11) is 0. The number of hydrogen-bond donors (Lipinski definition) is 2. The number of halogens is 3. The Hall–Kier alpha value is -2.88. The van der Waals surface area contributed by atoms with Crippen molar-refractivity contribution in [2.24, 2.45) is 5.16 Å². The van der Waals surface area contributed by atoms with Crippen LogP contribution in [0.5, 0.6) is 0 Å². The highest BCUT2D eigenvalue weighted by molar-refractivity contribution is 6.01. The van der Waals surface area contributed by atoms with Gasteiger partial charge in [-0.1, -0.05) is 29.4 Å². The number of aliphatic hydroxyl groups is 1. The number of carbonyl (C=O) groups excluding carboxylic acids is 1. The van der Waals surface area contributed by atoms with Crippen molar-refractivity contribution in [1.82, 2.24) is 10.3 Å². The molecule has 0 saturated heterocycles. The number of alkyl halides is 3. The van der Waals surface area contributed by atoms with Gasteiger partial charge < -0.3 is 19.7 Å². The lowest BCUT2D eigenvalue weighted by Crippen LogP contribution is -2.45. The number of benzene rings is 1. The fourth-order valence-electron chi connectivity index (χ4n) is 2.55. The smallest absolute Gasteiger partial charge is 0.445 e. The number of amides is 1. The number of nitrogens with one attached hydrogen (secondary N) is 1. The molecule has 0 spiro atoms. The van der Waals surface area contributed by atoms with Gasteiger partial charge >= 0.3 is 12.0 Å². The Morgan fingerprint density at radius 3 is 2.48 bits per heavy atom. The highest BCUT2D eigenvalue weighted by Gasteiger charge is 2.60. The lowest BCUT2D eigenvalue weighted by Gasteiger charge is -2.22. The number of nitrogens with zero attached hydrogens (tertiary/aromatic N) is 2. The summed E-state index contributed by atoms with van der Waals surface area (Å²) in [4.78, 5) is 20.3. The molecule has 144 valence electrons. The molecule has 1 aromatic heterocycles. The first-order valence-corrected chi connectivity index (χ1v) is 7.95. The molecule has 0 bridgehead atoms. The van der Waals surface area contributed by atoms with Gasteiger partial charge in [-0.3, -0.25) is 4.79 Å². The van der Waals surface area contributed by atoms with Crippen molar-refractivity contribution >= 4 is 11.6 Å². The van der Waals surface area contributed by atoms with Gasteiger partial charge in [-0.15, -0.1) is 0 Å². The van der Waals surface area contributed by atoms with Crippen LogP contribution in [-0.2, 0) is 11.4 Å². The quantitative estimate of drug-likeness (QED) is 0.846. The minimum Gasteiger partial charge on any atom is -0.445 e. The van der Waals surface area contributed by atoms with E-state index in [1.165, 1.54) is 12.1 Å². The van der Waals surface area contributed by atoms with Gasteiger partial charge in [0.1, 0.15) is 5.76 Å².